The van der Waals surface area contributed by atoms with E-state index in [1.165, 1.54) is 0 Å². The summed E-state index contributed by atoms with van der Waals surface area (Å²) in [6.07, 6.45) is 1.46. The van der Waals surface area contributed by atoms with Crippen LogP contribution in [0.2, 0.25) is 0 Å². The molecule has 1 aromatic rings. The number of unbranched alkanes of at least 4 members (excludes halogenated alkanes) is 1. The van der Waals surface area contributed by atoms with Gasteiger partial charge in [0.15, 0.2) is 6.10 Å². The van der Waals surface area contributed by atoms with Gasteiger partial charge >= 0.3 is 0 Å². The van der Waals surface area contributed by atoms with Crippen molar-refractivity contribution in [3.8, 4) is 5.75 Å². The fourth-order valence-corrected chi connectivity index (χ4v) is 3.23. The van der Waals surface area contributed by atoms with Crippen LogP contribution in [0.5, 0.6) is 5.75 Å². The number of rotatable bonds is 23. The molecule has 0 saturated carbocycles. The summed E-state index contributed by atoms with van der Waals surface area (Å²) in [6, 6.07) is 7.19. The molecule has 0 N–H and O–H groups in total. The summed E-state index contributed by atoms with van der Waals surface area (Å²) in [7, 11) is 0. The van der Waals surface area contributed by atoms with Crippen molar-refractivity contribution >= 4 is 12.4 Å². The molecule has 0 bridgehead atoms. The van der Waals surface area contributed by atoms with Crippen LogP contribution >= 0.6 is 0 Å². The molecule has 1 unspecified atom stereocenters. The molecule has 240 valence electrons. The molecule has 0 aliphatic heterocycles. The van der Waals surface area contributed by atoms with Crippen LogP contribution in [-0.2, 0) is 40.1 Å². The van der Waals surface area contributed by atoms with E-state index in [2.05, 4.69) is 9.68 Å². The van der Waals surface area contributed by atoms with Crippen molar-refractivity contribution in [1.82, 2.24) is 4.90 Å². The Kier molecular flexibility index (Phi) is 21.8. The van der Waals surface area contributed by atoms with Crippen molar-refractivity contribution in [1.29, 1.82) is 0 Å². The minimum Gasteiger partial charge on any atom is -0.490 e. The first-order valence-corrected chi connectivity index (χ1v) is 13.8. The first kappa shape index (κ1) is 38.3. The Labute approximate surface area is 246 Å². The maximum Gasteiger partial charge on any atom is 0.294 e. The van der Waals surface area contributed by atoms with Crippen molar-refractivity contribution < 1.29 is 48.4 Å². The van der Waals surface area contributed by atoms with Crippen LogP contribution in [0.1, 0.15) is 65.9 Å². The zero-order valence-corrected chi connectivity index (χ0v) is 25.1. The molecule has 1 rings (SSSR count). The Hall–Kier alpha value is -3.72. The SMILES string of the molecule is CC(C)OCCOCc1ccc(OCC(CN(C(=O)CCCO[N+](=O)[O-])C(C)C)OC=O)cc1.CCCCO[N+](=O)[O-]. The van der Waals surface area contributed by atoms with Crippen molar-refractivity contribution in [3.63, 3.8) is 0 Å². The van der Waals surface area contributed by atoms with Crippen molar-refractivity contribution in [2.24, 2.45) is 0 Å². The quantitative estimate of drug-likeness (QED) is 0.0766. The Bertz CT molecular complexity index is 884. The third-order valence-corrected chi connectivity index (χ3v) is 5.33. The number of benzene rings is 1. The molecule has 15 nitrogen and oxygen atoms in total. The zero-order valence-electron chi connectivity index (χ0n) is 25.1. The molecule has 0 radical (unpaired) electrons. The van der Waals surface area contributed by atoms with Crippen LogP contribution in [0.4, 0.5) is 0 Å². The van der Waals surface area contributed by atoms with Crippen LogP contribution in [0.3, 0.4) is 0 Å². The number of nitrogens with zero attached hydrogens (tertiary/aromatic N) is 3. The molecule has 0 aromatic heterocycles. The molecule has 42 heavy (non-hydrogen) atoms. The number of hydrogen-bond acceptors (Lipinski definition) is 12. The van der Waals surface area contributed by atoms with Gasteiger partial charge in [0.2, 0.25) is 5.91 Å². The highest BCUT2D eigenvalue weighted by atomic mass is 17.0. The number of amides is 1. The first-order chi connectivity index (χ1) is 20.0. The summed E-state index contributed by atoms with van der Waals surface area (Å²) in [5, 5.41) is 18.0. The van der Waals surface area contributed by atoms with Gasteiger partial charge in [-0.25, -0.2) is 0 Å². The predicted octanol–water partition coefficient (Wildman–Crippen LogP) is 3.77. The summed E-state index contributed by atoms with van der Waals surface area (Å²) >= 11 is 0. The number of ether oxygens (including phenoxy) is 4. The number of carbonyl (C=O) groups is 2. The molecular formula is C27H45N3O12. The maximum absolute atomic E-state index is 12.5. The molecular weight excluding hydrogens is 558 g/mol. The lowest BCUT2D eigenvalue weighted by molar-refractivity contribution is -0.757. The van der Waals surface area contributed by atoms with Gasteiger partial charge in [0.1, 0.15) is 12.4 Å². The molecule has 0 heterocycles. The van der Waals surface area contributed by atoms with E-state index in [1.54, 1.807) is 17.0 Å². The average molecular weight is 604 g/mol. The van der Waals surface area contributed by atoms with Crippen LogP contribution < -0.4 is 4.74 Å². The smallest absolute Gasteiger partial charge is 0.294 e. The second-order valence-corrected chi connectivity index (χ2v) is 9.49. The number of carbonyl (C=O) groups excluding carboxylic acids is 2. The van der Waals surface area contributed by atoms with E-state index < -0.39 is 16.3 Å². The van der Waals surface area contributed by atoms with Gasteiger partial charge in [-0.2, -0.15) is 0 Å². The van der Waals surface area contributed by atoms with Crippen LogP contribution in [-0.4, -0.2) is 85.3 Å². The first-order valence-electron chi connectivity index (χ1n) is 13.8. The molecule has 1 atom stereocenters. The highest BCUT2D eigenvalue weighted by Crippen LogP contribution is 2.15. The highest BCUT2D eigenvalue weighted by molar-refractivity contribution is 5.76. The van der Waals surface area contributed by atoms with Crippen LogP contribution in [0.15, 0.2) is 24.3 Å². The molecule has 0 aliphatic carbocycles. The van der Waals surface area contributed by atoms with Crippen molar-refractivity contribution in [2.75, 3.05) is 39.6 Å². The maximum atomic E-state index is 12.5. The van der Waals surface area contributed by atoms with Crippen LogP contribution in [0, 0.1) is 20.2 Å². The Morgan fingerprint density at radius 2 is 1.57 bits per heavy atom. The monoisotopic (exact) mass is 603 g/mol. The molecule has 0 spiro atoms. The Morgan fingerprint density at radius 1 is 0.952 bits per heavy atom. The topological polar surface area (TPSA) is 179 Å². The van der Waals surface area contributed by atoms with E-state index in [0.717, 1.165) is 18.4 Å². The lowest BCUT2D eigenvalue weighted by Crippen LogP contribution is -2.44. The largest absolute Gasteiger partial charge is 0.490 e. The van der Waals surface area contributed by atoms with Gasteiger partial charge in [0, 0.05) is 12.5 Å². The number of hydrogen-bond donors (Lipinski definition) is 0. The molecule has 0 aliphatic rings. The van der Waals surface area contributed by atoms with Crippen molar-refractivity contribution in [3.05, 3.63) is 50.1 Å². The minimum absolute atomic E-state index is 0.0576. The molecule has 1 aromatic carbocycles. The summed E-state index contributed by atoms with van der Waals surface area (Å²) < 4.78 is 21.9. The lowest BCUT2D eigenvalue weighted by atomic mass is 10.2. The second-order valence-electron chi connectivity index (χ2n) is 9.49. The summed E-state index contributed by atoms with van der Waals surface area (Å²) in [4.78, 5) is 53.0. The van der Waals surface area contributed by atoms with E-state index in [4.69, 9.17) is 18.9 Å². The van der Waals surface area contributed by atoms with Crippen LogP contribution in [0.25, 0.3) is 0 Å². The third kappa shape index (κ3) is 21.1. The van der Waals surface area contributed by atoms with E-state index in [0.29, 0.717) is 32.0 Å². The zero-order chi connectivity index (χ0) is 31.8. The van der Waals surface area contributed by atoms with Gasteiger partial charge in [0.05, 0.1) is 45.7 Å². The van der Waals surface area contributed by atoms with E-state index in [9.17, 15) is 29.8 Å². The standard InChI is InChI=1S/C23H36N2O9.C4H9NO3/c1-18(2)24(23(27)6-5-11-34-25(28)29)14-22(33-17-26)16-32-21-9-7-20(8-10-21)15-30-12-13-31-19(3)4;1-2-3-4-8-5(6)7/h7-10,17-19,22H,5-6,11-16H2,1-4H3;2-4H2,1H3. The van der Waals surface area contributed by atoms with Gasteiger partial charge < -0.3 is 33.5 Å². The van der Waals surface area contributed by atoms with Gasteiger partial charge in [-0.1, -0.05) is 25.5 Å². The summed E-state index contributed by atoms with van der Waals surface area (Å²) in [5.41, 5.74) is 0.982. The molecule has 0 fully saturated rings. The second kappa shape index (κ2) is 23.9. The highest BCUT2D eigenvalue weighted by Gasteiger charge is 2.23. The van der Waals surface area contributed by atoms with E-state index in [-0.39, 0.29) is 57.3 Å². The minimum atomic E-state index is -0.890. The van der Waals surface area contributed by atoms with Gasteiger partial charge in [-0.05, 0) is 58.2 Å². The molecule has 1 amide bonds. The average Bonchev–Trinajstić information content (AvgIpc) is 2.93. The van der Waals surface area contributed by atoms with Gasteiger partial charge in [-0.15, -0.1) is 20.2 Å². The molecule has 15 heteroatoms. The summed E-state index contributed by atoms with van der Waals surface area (Å²) in [6.45, 7) is 11.6. The fraction of sp³-hybridized carbons (Fsp3) is 0.704. The Morgan fingerprint density at radius 3 is 2.10 bits per heavy atom. The van der Waals surface area contributed by atoms with Crippen molar-refractivity contribution in [2.45, 2.75) is 85.2 Å². The van der Waals surface area contributed by atoms with Gasteiger partial charge in [-0.3, -0.25) is 9.59 Å². The Balaban J connectivity index is 0.00000183. The fourth-order valence-electron chi connectivity index (χ4n) is 3.23. The van der Waals surface area contributed by atoms with E-state index >= 15 is 0 Å². The summed E-state index contributed by atoms with van der Waals surface area (Å²) in [5.74, 6) is 0.371. The lowest BCUT2D eigenvalue weighted by Gasteiger charge is -2.30. The van der Waals surface area contributed by atoms with Gasteiger partial charge in [0.25, 0.3) is 16.6 Å². The normalized spacial score (nSPS) is 11.2. The predicted molar refractivity (Wildman–Crippen MR) is 151 cm³/mol. The third-order valence-electron chi connectivity index (χ3n) is 5.33. The van der Waals surface area contributed by atoms with E-state index in [1.807, 2.05) is 46.8 Å². The molecule has 0 saturated heterocycles.